The molecule has 1 amide bonds. The minimum absolute atomic E-state index is 0.113. The Morgan fingerprint density at radius 3 is 2.89 bits per heavy atom. The molecule has 2 N–H and O–H groups in total. The number of benzene rings is 1. The van der Waals surface area contributed by atoms with Gasteiger partial charge in [0.1, 0.15) is 5.75 Å². The van der Waals surface area contributed by atoms with E-state index in [9.17, 15) is 4.79 Å². The average Bonchev–Trinajstić information content (AvgIpc) is 2.41. The largest absolute Gasteiger partial charge is 0.480 e. The average molecular weight is 324 g/mol. The first-order valence-electron chi connectivity index (χ1n) is 5.24. The zero-order valence-corrected chi connectivity index (χ0v) is 11.5. The molecule has 0 aliphatic rings. The first-order valence-corrected chi connectivity index (χ1v) is 6.03. The van der Waals surface area contributed by atoms with E-state index in [4.69, 9.17) is 15.2 Å². The maximum atomic E-state index is 11.1. The molecule has 0 atom stereocenters. The van der Waals surface area contributed by atoms with Crippen LogP contribution in [0.4, 0.5) is 0 Å². The summed E-state index contributed by atoms with van der Waals surface area (Å²) in [4.78, 5) is 19.1. The number of hydrogen-bond donors (Lipinski definition) is 1. The second-order valence-corrected chi connectivity index (χ2v) is 4.36. The monoisotopic (exact) mass is 323 g/mol. The number of halogens is 1. The SMILES string of the molecule is COc1nc(Oc2cccc(C(N)=O)c2)ncc1Br. The van der Waals surface area contributed by atoms with Crippen molar-refractivity contribution >= 4 is 21.8 Å². The Bertz CT molecular complexity index is 619. The van der Waals surface area contributed by atoms with Crippen molar-refractivity contribution in [2.24, 2.45) is 5.73 Å². The van der Waals surface area contributed by atoms with Crippen molar-refractivity contribution in [3.63, 3.8) is 0 Å². The van der Waals surface area contributed by atoms with Gasteiger partial charge in [-0.15, -0.1) is 0 Å². The molecular weight excluding hydrogens is 314 g/mol. The summed E-state index contributed by atoms with van der Waals surface area (Å²) in [5, 5.41) is 0. The van der Waals surface area contributed by atoms with Crippen LogP contribution in [0.3, 0.4) is 0 Å². The van der Waals surface area contributed by atoms with Crippen LogP contribution in [0.5, 0.6) is 17.6 Å². The Morgan fingerprint density at radius 2 is 2.21 bits per heavy atom. The molecule has 0 aliphatic heterocycles. The van der Waals surface area contributed by atoms with E-state index in [-0.39, 0.29) is 6.01 Å². The molecule has 0 radical (unpaired) electrons. The maximum Gasteiger partial charge on any atom is 0.325 e. The van der Waals surface area contributed by atoms with Gasteiger partial charge in [-0.25, -0.2) is 4.98 Å². The van der Waals surface area contributed by atoms with Gasteiger partial charge >= 0.3 is 6.01 Å². The van der Waals surface area contributed by atoms with Gasteiger partial charge in [0.2, 0.25) is 11.8 Å². The molecule has 2 rings (SSSR count). The Hall–Kier alpha value is -2.15. The molecule has 1 aromatic heterocycles. The number of carbonyl (C=O) groups is 1. The van der Waals surface area contributed by atoms with Crippen molar-refractivity contribution in [3.05, 3.63) is 40.5 Å². The third-order valence-electron chi connectivity index (χ3n) is 2.21. The Balaban J connectivity index is 2.26. The fourth-order valence-corrected chi connectivity index (χ4v) is 1.70. The van der Waals surface area contributed by atoms with E-state index in [1.165, 1.54) is 19.4 Å². The Morgan fingerprint density at radius 1 is 1.42 bits per heavy atom. The van der Waals surface area contributed by atoms with Crippen molar-refractivity contribution < 1.29 is 14.3 Å². The van der Waals surface area contributed by atoms with E-state index in [0.29, 0.717) is 21.7 Å². The number of primary amides is 1. The predicted molar refractivity (Wildman–Crippen MR) is 71.3 cm³/mol. The zero-order chi connectivity index (χ0) is 13.8. The van der Waals surface area contributed by atoms with Crippen molar-refractivity contribution in [1.29, 1.82) is 0 Å². The van der Waals surface area contributed by atoms with E-state index in [0.717, 1.165) is 0 Å². The van der Waals surface area contributed by atoms with Gasteiger partial charge < -0.3 is 15.2 Å². The number of aromatic nitrogens is 2. The van der Waals surface area contributed by atoms with Crippen LogP contribution in [0, 0.1) is 0 Å². The summed E-state index contributed by atoms with van der Waals surface area (Å²) < 4.78 is 11.1. The van der Waals surface area contributed by atoms with Crippen LogP contribution in [-0.2, 0) is 0 Å². The highest BCUT2D eigenvalue weighted by molar-refractivity contribution is 9.10. The zero-order valence-electron chi connectivity index (χ0n) is 9.96. The summed E-state index contributed by atoms with van der Waals surface area (Å²) in [5.74, 6) is 0.247. The molecular formula is C12H10BrN3O3. The molecule has 0 unspecified atom stereocenters. The van der Waals surface area contributed by atoms with E-state index in [2.05, 4.69) is 25.9 Å². The summed E-state index contributed by atoms with van der Waals surface area (Å²) in [7, 11) is 1.49. The van der Waals surface area contributed by atoms with Crippen LogP contribution in [0.25, 0.3) is 0 Å². The molecule has 98 valence electrons. The second kappa shape index (κ2) is 5.66. The summed E-state index contributed by atoms with van der Waals surface area (Å²) in [6, 6.07) is 6.55. The minimum atomic E-state index is -0.528. The maximum absolute atomic E-state index is 11.1. The molecule has 0 aliphatic carbocycles. The molecule has 0 fully saturated rings. The summed E-state index contributed by atoms with van der Waals surface area (Å²) in [5.41, 5.74) is 5.54. The number of methoxy groups -OCH3 is 1. The fourth-order valence-electron chi connectivity index (χ4n) is 1.35. The number of carbonyl (C=O) groups excluding carboxylic acids is 1. The lowest BCUT2D eigenvalue weighted by Crippen LogP contribution is -2.10. The highest BCUT2D eigenvalue weighted by Crippen LogP contribution is 2.25. The number of amides is 1. The van der Waals surface area contributed by atoms with Gasteiger partial charge in [-0.3, -0.25) is 4.79 Å². The van der Waals surface area contributed by atoms with Crippen LogP contribution < -0.4 is 15.2 Å². The van der Waals surface area contributed by atoms with Gasteiger partial charge in [-0.2, -0.15) is 4.98 Å². The van der Waals surface area contributed by atoms with Crippen molar-refractivity contribution in [2.75, 3.05) is 7.11 Å². The molecule has 0 saturated carbocycles. The number of nitrogens with zero attached hydrogens (tertiary/aromatic N) is 2. The van der Waals surface area contributed by atoms with E-state index < -0.39 is 5.91 Å². The fraction of sp³-hybridized carbons (Fsp3) is 0.0833. The number of ether oxygens (including phenoxy) is 2. The summed E-state index contributed by atoms with van der Waals surface area (Å²) in [6.07, 6.45) is 1.51. The smallest absolute Gasteiger partial charge is 0.325 e. The molecule has 6 nitrogen and oxygen atoms in total. The number of rotatable bonds is 4. The number of nitrogens with two attached hydrogens (primary N) is 1. The lowest BCUT2D eigenvalue weighted by Gasteiger charge is -2.06. The molecule has 19 heavy (non-hydrogen) atoms. The molecule has 0 bridgehead atoms. The van der Waals surface area contributed by atoms with Gasteiger partial charge in [0.25, 0.3) is 0 Å². The topological polar surface area (TPSA) is 87.3 Å². The third kappa shape index (κ3) is 3.19. The molecule has 0 spiro atoms. The lowest BCUT2D eigenvalue weighted by atomic mass is 10.2. The highest BCUT2D eigenvalue weighted by atomic mass is 79.9. The standard InChI is InChI=1S/C12H10BrN3O3/c1-18-11-9(13)6-15-12(16-11)19-8-4-2-3-7(5-8)10(14)17/h2-6H,1H3,(H2,14,17). The van der Waals surface area contributed by atoms with Crippen molar-refractivity contribution in [2.45, 2.75) is 0 Å². The summed E-state index contributed by atoms with van der Waals surface area (Å²) >= 11 is 3.24. The molecule has 1 aromatic carbocycles. The van der Waals surface area contributed by atoms with Crippen LogP contribution >= 0.6 is 15.9 Å². The number of hydrogen-bond acceptors (Lipinski definition) is 5. The van der Waals surface area contributed by atoms with Gasteiger partial charge in [0.05, 0.1) is 17.8 Å². The van der Waals surface area contributed by atoms with Crippen molar-refractivity contribution in [1.82, 2.24) is 9.97 Å². The van der Waals surface area contributed by atoms with Gasteiger partial charge in [-0.1, -0.05) is 6.07 Å². The van der Waals surface area contributed by atoms with Gasteiger partial charge in [0.15, 0.2) is 0 Å². The van der Waals surface area contributed by atoms with Crippen LogP contribution in [0.1, 0.15) is 10.4 Å². The van der Waals surface area contributed by atoms with Gasteiger partial charge in [0, 0.05) is 5.56 Å². The third-order valence-corrected chi connectivity index (χ3v) is 2.75. The predicted octanol–water partition coefficient (Wildman–Crippen LogP) is 2.14. The van der Waals surface area contributed by atoms with Crippen LogP contribution in [0.15, 0.2) is 34.9 Å². The molecule has 0 saturated heterocycles. The van der Waals surface area contributed by atoms with Gasteiger partial charge in [-0.05, 0) is 34.1 Å². The second-order valence-electron chi connectivity index (χ2n) is 3.50. The first kappa shape index (κ1) is 13.3. The first-order chi connectivity index (χ1) is 9.10. The van der Waals surface area contributed by atoms with Crippen molar-refractivity contribution in [3.8, 4) is 17.6 Å². The van der Waals surface area contributed by atoms with E-state index >= 15 is 0 Å². The highest BCUT2D eigenvalue weighted by Gasteiger charge is 2.08. The normalized spacial score (nSPS) is 10.0. The molecule has 7 heteroatoms. The van der Waals surface area contributed by atoms with Crippen LogP contribution in [-0.4, -0.2) is 23.0 Å². The lowest BCUT2D eigenvalue weighted by molar-refractivity contribution is 0.1000. The minimum Gasteiger partial charge on any atom is -0.480 e. The quantitative estimate of drug-likeness (QED) is 0.931. The van der Waals surface area contributed by atoms with Crippen LogP contribution in [0.2, 0.25) is 0 Å². The molecule has 2 aromatic rings. The summed E-state index contributed by atoms with van der Waals surface area (Å²) in [6.45, 7) is 0. The Kier molecular flexibility index (Phi) is 3.96. The van der Waals surface area contributed by atoms with E-state index in [1.54, 1.807) is 18.2 Å². The Labute approximate surface area is 117 Å². The van der Waals surface area contributed by atoms with E-state index in [1.807, 2.05) is 0 Å². The molecule has 1 heterocycles.